The molecule has 1 saturated heterocycles. The minimum Gasteiger partial charge on any atom is -0.469 e. The van der Waals surface area contributed by atoms with Gasteiger partial charge in [0.2, 0.25) is 0 Å². The van der Waals surface area contributed by atoms with Crippen LogP contribution < -0.4 is 4.72 Å². The first-order valence-corrected chi connectivity index (χ1v) is 10.7. The maximum atomic E-state index is 12.8. The Morgan fingerprint density at radius 2 is 1.81 bits per heavy atom. The highest BCUT2D eigenvalue weighted by molar-refractivity contribution is 7.87. The van der Waals surface area contributed by atoms with E-state index in [1.54, 1.807) is 0 Å². The molecule has 0 aliphatic carbocycles. The summed E-state index contributed by atoms with van der Waals surface area (Å²) in [5.74, 6) is -0.357. The number of hydrogen-bond donors (Lipinski definition) is 1. The third kappa shape index (κ3) is 5.05. The van der Waals surface area contributed by atoms with E-state index in [4.69, 9.17) is 4.74 Å². The molecule has 6 nitrogen and oxygen atoms in total. The summed E-state index contributed by atoms with van der Waals surface area (Å²) in [6.45, 7) is 6.76. The van der Waals surface area contributed by atoms with Gasteiger partial charge in [-0.1, -0.05) is 45.0 Å². The Bertz CT molecular complexity index is 693. The van der Waals surface area contributed by atoms with Gasteiger partial charge in [-0.3, -0.25) is 4.79 Å². The number of benzene rings is 1. The summed E-state index contributed by atoms with van der Waals surface area (Å²) in [7, 11) is -2.25. The van der Waals surface area contributed by atoms with E-state index < -0.39 is 10.2 Å². The molecule has 146 valence electrons. The molecule has 2 rings (SSSR count). The molecule has 1 N–H and O–H groups in total. The minimum atomic E-state index is -3.62. The van der Waals surface area contributed by atoms with Crippen LogP contribution in [0.5, 0.6) is 0 Å². The molecule has 0 aromatic heterocycles. The van der Waals surface area contributed by atoms with Crippen molar-refractivity contribution < 1.29 is 17.9 Å². The van der Waals surface area contributed by atoms with Crippen LogP contribution in [0, 0.1) is 11.8 Å². The average molecular weight is 383 g/mol. The smallest absolute Gasteiger partial charge is 0.308 e. The van der Waals surface area contributed by atoms with Gasteiger partial charge in [-0.25, -0.2) is 0 Å². The van der Waals surface area contributed by atoms with Crippen molar-refractivity contribution in [2.24, 2.45) is 11.8 Å². The number of methoxy groups -OCH3 is 1. The lowest BCUT2D eigenvalue weighted by atomic mass is 9.96. The van der Waals surface area contributed by atoms with Crippen LogP contribution in [0.3, 0.4) is 0 Å². The Kier molecular flexibility index (Phi) is 7.20. The number of esters is 1. The zero-order valence-electron chi connectivity index (χ0n) is 16.1. The fourth-order valence-corrected chi connectivity index (χ4v) is 4.85. The number of ether oxygens (including phenoxy) is 1. The fraction of sp³-hybridized carbons (Fsp3) is 0.632. The SMILES string of the molecule is CCc1ccc(C(NS(=O)(=O)N2CCC(C(=O)OC)CC2)C(C)C)cc1. The molecule has 1 atom stereocenters. The van der Waals surface area contributed by atoms with Gasteiger partial charge < -0.3 is 4.74 Å². The predicted molar refractivity (Wildman–Crippen MR) is 102 cm³/mol. The molecule has 0 radical (unpaired) electrons. The number of nitrogens with one attached hydrogen (secondary N) is 1. The number of carbonyl (C=O) groups is 1. The largest absolute Gasteiger partial charge is 0.469 e. The van der Waals surface area contributed by atoms with Crippen LogP contribution in [0.1, 0.15) is 50.8 Å². The Morgan fingerprint density at radius 3 is 2.27 bits per heavy atom. The van der Waals surface area contributed by atoms with Gasteiger partial charge in [0, 0.05) is 13.1 Å². The molecule has 26 heavy (non-hydrogen) atoms. The maximum absolute atomic E-state index is 12.8. The van der Waals surface area contributed by atoms with E-state index in [0.717, 1.165) is 12.0 Å². The van der Waals surface area contributed by atoms with Crippen molar-refractivity contribution in [3.05, 3.63) is 35.4 Å². The molecule has 1 unspecified atom stereocenters. The van der Waals surface area contributed by atoms with Crippen molar-refractivity contribution in [2.75, 3.05) is 20.2 Å². The van der Waals surface area contributed by atoms with Crippen LogP contribution in [-0.2, 0) is 26.2 Å². The standard InChI is InChI=1S/C19H30N2O4S/c1-5-15-6-8-16(9-7-15)18(14(2)3)20-26(23,24)21-12-10-17(11-13-21)19(22)25-4/h6-9,14,17-18,20H,5,10-13H2,1-4H3. The van der Waals surface area contributed by atoms with Crippen molar-refractivity contribution >= 4 is 16.2 Å². The molecule has 1 aliphatic heterocycles. The van der Waals surface area contributed by atoms with E-state index >= 15 is 0 Å². The van der Waals surface area contributed by atoms with Crippen molar-refractivity contribution in [2.45, 2.75) is 46.1 Å². The zero-order chi connectivity index (χ0) is 19.3. The van der Waals surface area contributed by atoms with Crippen LogP contribution in [0.2, 0.25) is 0 Å². The highest BCUT2D eigenvalue weighted by Crippen LogP contribution is 2.26. The van der Waals surface area contributed by atoms with E-state index in [0.29, 0.717) is 25.9 Å². The summed E-state index contributed by atoms with van der Waals surface area (Å²) in [6.07, 6.45) is 1.93. The second kappa shape index (κ2) is 8.97. The Labute approximate surface area is 157 Å². The van der Waals surface area contributed by atoms with Gasteiger partial charge in [0.15, 0.2) is 0 Å². The Balaban J connectivity index is 2.08. The monoisotopic (exact) mass is 382 g/mol. The van der Waals surface area contributed by atoms with Crippen molar-refractivity contribution in [1.29, 1.82) is 0 Å². The number of rotatable bonds is 7. The number of carbonyl (C=O) groups excluding carboxylic acids is 1. The molecule has 0 amide bonds. The van der Waals surface area contributed by atoms with E-state index in [-0.39, 0.29) is 23.8 Å². The lowest BCUT2D eigenvalue weighted by Crippen LogP contribution is -2.47. The molecule has 1 aromatic carbocycles. The van der Waals surface area contributed by atoms with Crippen molar-refractivity contribution in [3.8, 4) is 0 Å². The van der Waals surface area contributed by atoms with E-state index in [2.05, 4.69) is 11.6 Å². The Hall–Kier alpha value is -1.44. The summed E-state index contributed by atoms with van der Waals surface area (Å²) in [6, 6.07) is 7.79. The number of hydrogen-bond acceptors (Lipinski definition) is 4. The van der Waals surface area contributed by atoms with Crippen LogP contribution in [-0.4, -0.2) is 38.9 Å². The second-order valence-corrected chi connectivity index (χ2v) is 8.84. The van der Waals surface area contributed by atoms with Gasteiger partial charge in [0.25, 0.3) is 10.2 Å². The number of nitrogens with zero attached hydrogens (tertiary/aromatic N) is 1. The Morgan fingerprint density at radius 1 is 1.23 bits per heavy atom. The number of piperidine rings is 1. The first-order valence-electron chi connectivity index (χ1n) is 9.22. The average Bonchev–Trinajstić information content (AvgIpc) is 2.65. The fourth-order valence-electron chi connectivity index (χ4n) is 3.28. The molecular formula is C19H30N2O4S. The summed E-state index contributed by atoms with van der Waals surface area (Å²) in [5, 5.41) is 0. The predicted octanol–water partition coefficient (Wildman–Crippen LogP) is 2.67. The summed E-state index contributed by atoms with van der Waals surface area (Å²) in [5.41, 5.74) is 2.19. The highest BCUT2D eigenvalue weighted by atomic mass is 32.2. The molecule has 1 aliphatic rings. The quantitative estimate of drug-likeness (QED) is 0.736. The molecule has 7 heteroatoms. The topological polar surface area (TPSA) is 75.7 Å². The van der Waals surface area contributed by atoms with E-state index in [9.17, 15) is 13.2 Å². The third-order valence-electron chi connectivity index (χ3n) is 5.02. The highest BCUT2D eigenvalue weighted by Gasteiger charge is 2.33. The van der Waals surface area contributed by atoms with Crippen LogP contribution in [0.4, 0.5) is 0 Å². The minimum absolute atomic E-state index is 0.116. The van der Waals surface area contributed by atoms with Gasteiger partial charge in [-0.05, 0) is 36.3 Å². The molecule has 1 fully saturated rings. The second-order valence-electron chi connectivity index (χ2n) is 7.14. The summed E-state index contributed by atoms with van der Waals surface area (Å²) < 4.78 is 34.7. The summed E-state index contributed by atoms with van der Waals surface area (Å²) in [4.78, 5) is 11.6. The molecular weight excluding hydrogens is 352 g/mol. The van der Waals surface area contributed by atoms with Crippen LogP contribution in [0.25, 0.3) is 0 Å². The maximum Gasteiger partial charge on any atom is 0.308 e. The summed E-state index contributed by atoms with van der Waals surface area (Å²) >= 11 is 0. The van der Waals surface area contributed by atoms with Gasteiger partial charge in [-0.15, -0.1) is 0 Å². The molecule has 0 bridgehead atoms. The molecule has 1 aromatic rings. The third-order valence-corrected chi connectivity index (χ3v) is 6.61. The zero-order valence-corrected chi connectivity index (χ0v) is 16.9. The first-order chi connectivity index (χ1) is 12.3. The molecule has 1 heterocycles. The molecule has 0 saturated carbocycles. The lowest BCUT2D eigenvalue weighted by Gasteiger charge is -2.32. The number of aryl methyl sites for hydroxylation is 1. The first kappa shape index (κ1) is 20.9. The van der Waals surface area contributed by atoms with Crippen LogP contribution >= 0.6 is 0 Å². The molecule has 0 spiro atoms. The van der Waals surface area contributed by atoms with Crippen molar-refractivity contribution in [1.82, 2.24) is 9.03 Å². The van der Waals surface area contributed by atoms with E-state index in [1.165, 1.54) is 17.0 Å². The van der Waals surface area contributed by atoms with Crippen LogP contribution in [0.15, 0.2) is 24.3 Å². The van der Waals surface area contributed by atoms with Gasteiger partial charge >= 0.3 is 5.97 Å². The van der Waals surface area contributed by atoms with Gasteiger partial charge in [-0.2, -0.15) is 17.4 Å². The normalized spacial score (nSPS) is 18.0. The lowest BCUT2D eigenvalue weighted by molar-refractivity contribution is -0.146. The van der Waals surface area contributed by atoms with Crippen molar-refractivity contribution in [3.63, 3.8) is 0 Å². The van der Waals surface area contributed by atoms with Gasteiger partial charge in [0.1, 0.15) is 0 Å². The van der Waals surface area contributed by atoms with Gasteiger partial charge in [0.05, 0.1) is 19.1 Å². The van der Waals surface area contributed by atoms with E-state index in [1.807, 2.05) is 38.1 Å².